The number of anilines is 1. The van der Waals surface area contributed by atoms with Crippen LogP contribution in [0.4, 0.5) is 18.9 Å². The quantitative estimate of drug-likeness (QED) is 0.631. The van der Waals surface area contributed by atoms with Crippen molar-refractivity contribution in [2.45, 2.75) is 67.5 Å². The molecule has 0 bridgehead atoms. The first-order valence-corrected chi connectivity index (χ1v) is 10.1. The average molecular weight is 371 g/mol. The second-order valence-electron chi connectivity index (χ2n) is 7.46. The van der Waals surface area contributed by atoms with E-state index >= 15 is 0 Å². The summed E-state index contributed by atoms with van der Waals surface area (Å²) in [6, 6.07) is 5.46. The van der Waals surface area contributed by atoms with E-state index < -0.39 is 5.51 Å². The normalized spacial score (nSPS) is 30.3. The van der Waals surface area contributed by atoms with Crippen molar-refractivity contribution in [1.82, 2.24) is 0 Å². The molecule has 0 amide bonds. The van der Waals surface area contributed by atoms with Gasteiger partial charge < -0.3 is 10.1 Å². The molecule has 0 radical (unpaired) electrons. The fourth-order valence-electron chi connectivity index (χ4n) is 4.84. The first-order chi connectivity index (χ1) is 12.0. The molecule has 2 heterocycles. The maximum atomic E-state index is 12.7. The van der Waals surface area contributed by atoms with Gasteiger partial charge >= 0.3 is 5.51 Å². The standard InChI is InChI=1S/C19H24F3NOS/c20-19(21,22)25-13-8-9-16-15(11-13)18-14(7-4-10-24-18)17(23-16)12-5-2-1-3-6-12/h8-9,11-12,14,17-18,23H,1-7,10H2/t14-,17+,18-/m0/s1. The highest BCUT2D eigenvalue weighted by Gasteiger charge is 2.42. The summed E-state index contributed by atoms with van der Waals surface area (Å²) in [5, 5.41) is 3.69. The summed E-state index contributed by atoms with van der Waals surface area (Å²) in [7, 11) is 0. The Kier molecular flexibility index (Phi) is 4.93. The Morgan fingerprint density at radius 3 is 2.60 bits per heavy atom. The van der Waals surface area contributed by atoms with Crippen molar-refractivity contribution < 1.29 is 17.9 Å². The summed E-state index contributed by atoms with van der Waals surface area (Å²) < 4.78 is 44.3. The van der Waals surface area contributed by atoms with Crippen molar-refractivity contribution in [2.75, 3.05) is 11.9 Å². The Bertz CT molecular complexity index is 615. The summed E-state index contributed by atoms with van der Waals surface area (Å²) in [5.41, 5.74) is -2.38. The van der Waals surface area contributed by atoms with Crippen molar-refractivity contribution in [3.8, 4) is 0 Å². The van der Waals surface area contributed by atoms with Gasteiger partial charge in [0.25, 0.3) is 0 Å². The van der Waals surface area contributed by atoms with Gasteiger partial charge in [-0.25, -0.2) is 0 Å². The average Bonchev–Trinajstić information content (AvgIpc) is 2.60. The second-order valence-corrected chi connectivity index (χ2v) is 8.60. The highest BCUT2D eigenvalue weighted by atomic mass is 32.2. The van der Waals surface area contributed by atoms with E-state index in [0.717, 1.165) is 24.1 Å². The van der Waals surface area contributed by atoms with Gasteiger partial charge in [0, 0.05) is 34.7 Å². The van der Waals surface area contributed by atoms with Crippen LogP contribution in [0.5, 0.6) is 0 Å². The topological polar surface area (TPSA) is 21.3 Å². The number of ether oxygens (including phenoxy) is 1. The molecule has 2 fully saturated rings. The SMILES string of the molecule is FC(F)(F)Sc1ccc2c(c1)[C@H]1OCCC[C@H]1[C@@H](C1CCCCC1)N2. The number of fused-ring (bicyclic) bond motifs is 3. The number of hydrogen-bond acceptors (Lipinski definition) is 3. The predicted octanol–water partition coefficient (Wildman–Crippen LogP) is 6.14. The van der Waals surface area contributed by atoms with Gasteiger partial charge in [-0.15, -0.1) is 0 Å². The Morgan fingerprint density at radius 2 is 1.84 bits per heavy atom. The van der Waals surface area contributed by atoms with Crippen LogP contribution >= 0.6 is 11.8 Å². The second kappa shape index (κ2) is 7.03. The molecule has 4 rings (SSSR count). The molecule has 3 aliphatic rings. The summed E-state index contributed by atoms with van der Waals surface area (Å²) in [5.74, 6) is 1.02. The monoisotopic (exact) mass is 371 g/mol. The third-order valence-electron chi connectivity index (χ3n) is 5.87. The lowest BCUT2D eigenvalue weighted by molar-refractivity contribution is -0.0460. The third kappa shape index (κ3) is 3.80. The van der Waals surface area contributed by atoms with Gasteiger partial charge in [-0.1, -0.05) is 19.3 Å². The molecule has 1 N–H and O–H groups in total. The van der Waals surface area contributed by atoms with E-state index in [1.807, 2.05) is 6.07 Å². The van der Waals surface area contributed by atoms with Crippen LogP contribution in [0, 0.1) is 11.8 Å². The minimum absolute atomic E-state index is 0.0415. The zero-order chi connectivity index (χ0) is 17.4. The van der Waals surface area contributed by atoms with E-state index in [4.69, 9.17) is 4.74 Å². The van der Waals surface area contributed by atoms with E-state index in [2.05, 4.69) is 5.32 Å². The Balaban J connectivity index is 1.63. The minimum Gasteiger partial charge on any atom is -0.381 e. The fraction of sp³-hybridized carbons (Fsp3) is 0.684. The molecule has 0 spiro atoms. The smallest absolute Gasteiger partial charge is 0.381 e. The van der Waals surface area contributed by atoms with Gasteiger partial charge in [-0.3, -0.25) is 0 Å². The van der Waals surface area contributed by atoms with Crippen LogP contribution < -0.4 is 5.32 Å². The fourth-order valence-corrected chi connectivity index (χ4v) is 5.43. The number of nitrogens with one attached hydrogen (secondary N) is 1. The predicted molar refractivity (Wildman–Crippen MR) is 93.8 cm³/mol. The molecular formula is C19H24F3NOS. The number of rotatable bonds is 2. The molecule has 138 valence electrons. The Hall–Kier alpha value is -0.880. The van der Waals surface area contributed by atoms with Crippen LogP contribution in [0.1, 0.15) is 56.6 Å². The molecule has 1 aliphatic carbocycles. The summed E-state index contributed by atoms with van der Waals surface area (Å²) in [4.78, 5) is 0.247. The van der Waals surface area contributed by atoms with Gasteiger partial charge in [0.05, 0.1) is 6.10 Å². The molecule has 6 heteroatoms. The molecule has 1 aromatic rings. The van der Waals surface area contributed by atoms with E-state index in [1.165, 1.54) is 32.1 Å². The van der Waals surface area contributed by atoms with Gasteiger partial charge in [-0.05, 0) is 61.6 Å². The number of hydrogen-bond donors (Lipinski definition) is 1. The zero-order valence-corrected chi connectivity index (χ0v) is 15.0. The van der Waals surface area contributed by atoms with Gasteiger partial charge in [0.1, 0.15) is 0 Å². The zero-order valence-electron chi connectivity index (χ0n) is 14.1. The van der Waals surface area contributed by atoms with Crippen molar-refractivity contribution in [3.63, 3.8) is 0 Å². The van der Waals surface area contributed by atoms with Gasteiger partial charge in [0.15, 0.2) is 0 Å². The molecule has 0 aromatic heterocycles. The first kappa shape index (κ1) is 17.5. The number of benzene rings is 1. The van der Waals surface area contributed by atoms with Crippen molar-refractivity contribution in [3.05, 3.63) is 23.8 Å². The van der Waals surface area contributed by atoms with Crippen LogP contribution in [-0.2, 0) is 4.74 Å². The van der Waals surface area contributed by atoms with Crippen LogP contribution in [-0.4, -0.2) is 18.2 Å². The molecule has 2 nitrogen and oxygen atoms in total. The van der Waals surface area contributed by atoms with Crippen LogP contribution in [0.25, 0.3) is 0 Å². The largest absolute Gasteiger partial charge is 0.446 e. The van der Waals surface area contributed by atoms with Crippen LogP contribution in [0.3, 0.4) is 0 Å². The first-order valence-electron chi connectivity index (χ1n) is 9.29. The third-order valence-corrected chi connectivity index (χ3v) is 6.59. The molecule has 2 aliphatic heterocycles. The molecule has 1 aromatic carbocycles. The van der Waals surface area contributed by atoms with Crippen molar-refractivity contribution >= 4 is 17.4 Å². The lowest BCUT2D eigenvalue weighted by atomic mass is 9.71. The van der Waals surface area contributed by atoms with E-state index in [0.29, 0.717) is 24.5 Å². The van der Waals surface area contributed by atoms with Crippen LogP contribution in [0.2, 0.25) is 0 Å². The van der Waals surface area contributed by atoms with Crippen molar-refractivity contribution in [2.24, 2.45) is 11.8 Å². The molecule has 0 unspecified atom stereocenters. The lowest BCUT2D eigenvalue weighted by Gasteiger charge is -2.47. The summed E-state index contributed by atoms with van der Waals surface area (Å²) >= 11 is -0.0415. The summed E-state index contributed by atoms with van der Waals surface area (Å²) in [6.07, 6.45) is 8.46. The number of alkyl halides is 3. The lowest BCUT2D eigenvalue weighted by Crippen LogP contribution is -2.46. The van der Waals surface area contributed by atoms with Crippen LogP contribution in [0.15, 0.2) is 23.1 Å². The highest BCUT2D eigenvalue weighted by molar-refractivity contribution is 8.00. The summed E-state index contributed by atoms with van der Waals surface area (Å²) in [6.45, 7) is 0.703. The van der Waals surface area contributed by atoms with E-state index in [1.54, 1.807) is 12.1 Å². The van der Waals surface area contributed by atoms with E-state index in [-0.39, 0.29) is 22.8 Å². The number of thioether (sulfide) groups is 1. The number of halogens is 3. The van der Waals surface area contributed by atoms with E-state index in [9.17, 15) is 13.2 Å². The maximum absolute atomic E-state index is 12.7. The van der Waals surface area contributed by atoms with Gasteiger partial charge in [-0.2, -0.15) is 13.2 Å². The molecule has 3 atom stereocenters. The minimum atomic E-state index is -4.26. The molecule has 25 heavy (non-hydrogen) atoms. The highest BCUT2D eigenvalue weighted by Crippen LogP contribution is 2.49. The molecule has 1 saturated heterocycles. The van der Waals surface area contributed by atoms with Gasteiger partial charge in [0.2, 0.25) is 0 Å². The Labute approximate surface area is 150 Å². The molecular weight excluding hydrogens is 347 g/mol. The van der Waals surface area contributed by atoms with Crippen molar-refractivity contribution in [1.29, 1.82) is 0 Å². The molecule has 1 saturated carbocycles. The Morgan fingerprint density at radius 1 is 1.04 bits per heavy atom. The maximum Gasteiger partial charge on any atom is 0.446 e.